The van der Waals surface area contributed by atoms with Gasteiger partial charge in [0.15, 0.2) is 11.5 Å². The van der Waals surface area contributed by atoms with Gasteiger partial charge in [0.05, 0.1) is 19.3 Å². The van der Waals surface area contributed by atoms with Crippen LogP contribution in [-0.4, -0.2) is 41.8 Å². The van der Waals surface area contributed by atoms with Crippen LogP contribution in [0.2, 0.25) is 0 Å². The van der Waals surface area contributed by atoms with Crippen molar-refractivity contribution in [3.8, 4) is 11.5 Å². The van der Waals surface area contributed by atoms with E-state index < -0.39 is 12.0 Å². The summed E-state index contributed by atoms with van der Waals surface area (Å²) in [4.78, 5) is 14.1. The summed E-state index contributed by atoms with van der Waals surface area (Å²) in [6, 6.07) is 15.4. The average molecular weight is 383 g/mol. The summed E-state index contributed by atoms with van der Waals surface area (Å²) in [5.41, 5.74) is 2.11. The Balaban J connectivity index is 2.07. The normalized spacial score (nSPS) is 18.4. The molecule has 1 saturated heterocycles. The highest BCUT2D eigenvalue weighted by Gasteiger charge is 2.35. The van der Waals surface area contributed by atoms with Gasteiger partial charge in [-0.25, -0.2) is 0 Å². The Morgan fingerprint density at radius 2 is 1.75 bits per heavy atom. The molecule has 150 valence electrons. The number of ether oxygens (including phenoxy) is 2. The first-order valence-electron chi connectivity index (χ1n) is 10.1. The number of hydrogen-bond donors (Lipinski definition) is 1. The molecule has 1 aliphatic rings. The number of likely N-dealkylation sites (tertiary alicyclic amines) is 1. The van der Waals surface area contributed by atoms with Gasteiger partial charge in [-0.15, -0.1) is 0 Å². The van der Waals surface area contributed by atoms with Crippen molar-refractivity contribution in [1.82, 2.24) is 4.90 Å². The molecule has 0 radical (unpaired) electrons. The summed E-state index contributed by atoms with van der Waals surface area (Å²) < 4.78 is 11.5. The minimum atomic E-state index is -0.753. The predicted octanol–water partition coefficient (Wildman–Crippen LogP) is 4.51. The number of carboxylic acids is 1. The van der Waals surface area contributed by atoms with Gasteiger partial charge >= 0.3 is 5.97 Å². The lowest BCUT2D eigenvalue weighted by molar-refractivity contribution is -0.145. The van der Waals surface area contributed by atoms with Gasteiger partial charge in [0.1, 0.15) is 6.04 Å². The molecule has 2 aromatic carbocycles. The molecular weight excluding hydrogens is 354 g/mol. The number of hydrogen-bond acceptors (Lipinski definition) is 4. The van der Waals surface area contributed by atoms with E-state index >= 15 is 0 Å². The van der Waals surface area contributed by atoms with Crippen molar-refractivity contribution in [3.05, 3.63) is 59.7 Å². The van der Waals surface area contributed by atoms with E-state index in [0.29, 0.717) is 31.1 Å². The molecule has 28 heavy (non-hydrogen) atoms. The van der Waals surface area contributed by atoms with Crippen LogP contribution in [0.15, 0.2) is 48.5 Å². The number of rotatable bonds is 8. The van der Waals surface area contributed by atoms with Crippen LogP contribution in [0, 0.1) is 0 Å². The lowest BCUT2D eigenvalue weighted by Crippen LogP contribution is -2.46. The van der Waals surface area contributed by atoms with Crippen molar-refractivity contribution < 1.29 is 19.4 Å². The van der Waals surface area contributed by atoms with E-state index in [-0.39, 0.29) is 6.04 Å². The van der Waals surface area contributed by atoms with Gasteiger partial charge in [0, 0.05) is 0 Å². The van der Waals surface area contributed by atoms with Crippen LogP contribution in [0.3, 0.4) is 0 Å². The Hall–Kier alpha value is -2.53. The molecule has 5 nitrogen and oxygen atoms in total. The van der Waals surface area contributed by atoms with Crippen LogP contribution in [0.5, 0.6) is 11.5 Å². The predicted molar refractivity (Wildman–Crippen MR) is 109 cm³/mol. The lowest BCUT2D eigenvalue weighted by Gasteiger charge is -2.39. The fourth-order valence-electron chi connectivity index (χ4n) is 3.98. The second kappa shape index (κ2) is 9.60. The van der Waals surface area contributed by atoms with Crippen molar-refractivity contribution in [3.63, 3.8) is 0 Å². The van der Waals surface area contributed by atoms with Crippen molar-refractivity contribution in [2.75, 3.05) is 19.8 Å². The largest absolute Gasteiger partial charge is 0.490 e. The van der Waals surface area contributed by atoms with Crippen molar-refractivity contribution in [1.29, 1.82) is 0 Å². The minimum Gasteiger partial charge on any atom is -0.490 e. The molecule has 1 heterocycles. The highest BCUT2D eigenvalue weighted by atomic mass is 16.5. The SMILES string of the molecule is CCOc1ccc(C(c2ccccc2)N2CCCCC2C(=O)O)cc1OCC. The molecule has 5 heteroatoms. The maximum atomic E-state index is 12.0. The molecule has 1 N–H and O–H groups in total. The van der Waals surface area contributed by atoms with Gasteiger partial charge in [0.25, 0.3) is 0 Å². The fourth-order valence-corrected chi connectivity index (χ4v) is 3.98. The molecule has 0 saturated carbocycles. The number of benzene rings is 2. The van der Waals surface area contributed by atoms with E-state index in [0.717, 1.165) is 30.5 Å². The quantitative estimate of drug-likeness (QED) is 0.727. The number of nitrogens with zero attached hydrogens (tertiary/aromatic N) is 1. The molecule has 1 fully saturated rings. The fraction of sp³-hybridized carbons (Fsp3) is 0.435. The van der Waals surface area contributed by atoms with E-state index in [4.69, 9.17) is 9.47 Å². The molecule has 0 spiro atoms. The minimum absolute atomic E-state index is 0.141. The number of carboxylic acid groups (broad SMARTS) is 1. The van der Waals surface area contributed by atoms with Gasteiger partial charge in [-0.3, -0.25) is 9.69 Å². The standard InChI is InChI=1S/C23H29NO4/c1-3-27-20-14-13-18(16-21(20)28-4-2)22(17-10-6-5-7-11-17)24-15-9-8-12-19(24)23(25)26/h5-7,10-11,13-14,16,19,22H,3-4,8-9,12,15H2,1-2H3,(H,25,26). The Morgan fingerprint density at radius 1 is 1.04 bits per heavy atom. The highest BCUT2D eigenvalue weighted by molar-refractivity contribution is 5.73. The lowest BCUT2D eigenvalue weighted by atomic mass is 9.91. The summed E-state index contributed by atoms with van der Waals surface area (Å²) >= 11 is 0. The van der Waals surface area contributed by atoms with Crippen LogP contribution in [0.1, 0.15) is 50.3 Å². The first-order chi connectivity index (χ1) is 13.7. The Labute approximate surface area is 166 Å². The number of carbonyl (C=O) groups is 1. The molecule has 0 bridgehead atoms. The van der Waals surface area contributed by atoms with Gasteiger partial charge in [0.2, 0.25) is 0 Å². The Morgan fingerprint density at radius 3 is 2.43 bits per heavy atom. The van der Waals surface area contributed by atoms with E-state index in [1.807, 2.05) is 50.2 Å². The maximum absolute atomic E-state index is 12.0. The highest BCUT2D eigenvalue weighted by Crippen LogP contribution is 2.38. The Bertz CT molecular complexity index is 777. The first kappa shape index (κ1) is 20.2. The van der Waals surface area contributed by atoms with Crippen LogP contribution in [0.25, 0.3) is 0 Å². The summed E-state index contributed by atoms with van der Waals surface area (Å²) in [5, 5.41) is 9.82. The van der Waals surface area contributed by atoms with Gasteiger partial charge in [-0.2, -0.15) is 0 Å². The molecule has 3 rings (SSSR count). The third-order valence-corrected chi connectivity index (χ3v) is 5.16. The van der Waals surface area contributed by atoms with Crippen LogP contribution in [0.4, 0.5) is 0 Å². The molecule has 1 aliphatic heterocycles. The molecular formula is C23H29NO4. The zero-order chi connectivity index (χ0) is 19.9. The van der Waals surface area contributed by atoms with Crippen LogP contribution in [-0.2, 0) is 4.79 Å². The summed E-state index contributed by atoms with van der Waals surface area (Å²) in [5.74, 6) is 0.664. The molecule has 2 aromatic rings. The van der Waals surface area contributed by atoms with Crippen LogP contribution >= 0.6 is 0 Å². The zero-order valence-electron chi connectivity index (χ0n) is 16.6. The van der Waals surface area contributed by atoms with E-state index in [2.05, 4.69) is 17.0 Å². The topological polar surface area (TPSA) is 59.0 Å². The summed E-state index contributed by atoms with van der Waals surface area (Å²) in [6.07, 6.45) is 2.62. The van der Waals surface area contributed by atoms with Gasteiger partial charge in [-0.1, -0.05) is 42.8 Å². The van der Waals surface area contributed by atoms with E-state index in [1.165, 1.54) is 0 Å². The Kier molecular flexibility index (Phi) is 6.93. The molecule has 2 atom stereocenters. The van der Waals surface area contributed by atoms with E-state index in [1.54, 1.807) is 0 Å². The van der Waals surface area contributed by atoms with Crippen molar-refractivity contribution >= 4 is 5.97 Å². The zero-order valence-corrected chi connectivity index (χ0v) is 16.6. The summed E-state index contributed by atoms with van der Waals surface area (Å²) in [7, 11) is 0. The third-order valence-electron chi connectivity index (χ3n) is 5.16. The smallest absolute Gasteiger partial charge is 0.320 e. The molecule has 0 amide bonds. The van der Waals surface area contributed by atoms with Crippen molar-refractivity contribution in [2.24, 2.45) is 0 Å². The third kappa shape index (κ3) is 4.47. The monoisotopic (exact) mass is 383 g/mol. The van der Waals surface area contributed by atoms with Gasteiger partial charge < -0.3 is 14.6 Å². The molecule has 0 aromatic heterocycles. The first-order valence-corrected chi connectivity index (χ1v) is 10.1. The second-order valence-corrected chi connectivity index (χ2v) is 6.97. The maximum Gasteiger partial charge on any atom is 0.320 e. The number of aliphatic carboxylic acids is 1. The summed E-state index contributed by atoms with van der Waals surface area (Å²) in [6.45, 7) is 5.76. The molecule has 2 unspecified atom stereocenters. The second-order valence-electron chi connectivity index (χ2n) is 6.97. The van der Waals surface area contributed by atoms with E-state index in [9.17, 15) is 9.90 Å². The number of piperidine rings is 1. The van der Waals surface area contributed by atoms with Crippen LogP contribution < -0.4 is 9.47 Å². The molecule has 0 aliphatic carbocycles. The average Bonchev–Trinajstić information content (AvgIpc) is 2.71. The van der Waals surface area contributed by atoms with Crippen molar-refractivity contribution in [2.45, 2.75) is 45.2 Å². The van der Waals surface area contributed by atoms with Gasteiger partial charge in [-0.05, 0) is 56.5 Å².